The van der Waals surface area contributed by atoms with Crippen molar-refractivity contribution in [1.29, 1.82) is 0 Å². The van der Waals surface area contributed by atoms with Gasteiger partial charge in [0.15, 0.2) is 0 Å². The van der Waals surface area contributed by atoms with E-state index < -0.39 is 0 Å². The van der Waals surface area contributed by atoms with Crippen molar-refractivity contribution < 1.29 is 0 Å². The summed E-state index contributed by atoms with van der Waals surface area (Å²) >= 11 is 0. The number of aryl methyl sites for hydroxylation is 1. The van der Waals surface area contributed by atoms with Crippen molar-refractivity contribution in [2.24, 2.45) is 12.8 Å². The summed E-state index contributed by atoms with van der Waals surface area (Å²) in [5.74, 6) is 0. The summed E-state index contributed by atoms with van der Waals surface area (Å²) in [6.07, 6.45) is 0. The molecule has 0 fully saturated rings. The lowest BCUT2D eigenvalue weighted by atomic mass is 9.89. The van der Waals surface area contributed by atoms with Crippen LogP contribution in [0.3, 0.4) is 0 Å². The predicted molar refractivity (Wildman–Crippen MR) is 52.6 cm³/mol. The molecular formula is C9H17N3O. The second-order valence-electron chi connectivity index (χ2n) is 4.28. The molecule has 0 unspecified atom stereocenters. The third-order valence-corrected chi connectivity index (χ3v) is 2.10. The number of nitrogens with zero attached hydrogens (tertiary/aromatic N) is 1. The van der Waals surface area contributed by atoms with Crippen molar-refractivity contribution >= 4 is 0 Å². The van der Waals surface area contributed by atoms with Crippen molar-refractivity contribution in [2.75, 3.05) is 0 Å². The molecule has 3 N–H and O–H groups in total. The molecule has 0 aliphatic rings. The van der Waals surface area contributed by atoms with Gasteiger partial charge in [-0.05, 0) is 0 Å². The standard InChI is InChI=1S/C9H17N3O/c1-9(2,3)7-6(5-10)8(13)12(4)11-7/h11H,5,10H2,1-4H3. The fourth-order valence-corrected chi connectivity index (χ4v) is 1.41. The summed E-state index contributed by atoms with van der Waals surface area (Å²) in [5, 5.41) is 3.03. The zero-order valence-corrected chi connectivity index (χ0v) is 8.64. The van der Waals surface area contributed by atoms with E-state index in [4.69, 9.17) is 5.73 Å². The van der Waals surface area contributed by atoms with E-state index in [2.05, 4.69) is 25.9 Å². The van der Waals surface area contributed by atoms with E-state index >= 15 is 0 Å². The third-order valence-electron chi connectivity index (χ3n) is 2.10. The van der Waals surface area contributed by atoms with Gasteiger partial charge in [-0.15, -0.1) is 0 Å². The maximum atomic E-state index is 11.5. The normalized spacial score (nSPS) is 12.1. The summed E-state index contributed by atoms with van der Waals surface area (Å²) in [5.41, 5.74) is 7.07. The predicted octanol–water partition coefficient (Wildman–Crippen LogP) is 0.470. The van der Waals surface area contributed by atoms with E-state index in [9.17, 15) is 4.79 Å². The summed E-state index contributed by atoms with van der Waals surface area (Å²) in [7, 11) is 1.71. The highest BCUT2D eigenvalue weighted by Crippen LogP contribution is 2.21. The SMILES string of the molecule is Cn1[nH]c(C(C)(C)C)c(CN)c1=O. The molecule has 74 valence electrons. The van der Waals surface area contributed by atoms with Crippen molar-refractivity contribution in [3.63, 3.8) is 0 Å². The van der Waals surface area contributed by atoms with Crippen LogP contribution in [0.15, 0.2) is 4.79 Å². The number of hydrogen-bond donors (Lipinski definition) is 2. The van der Waals surface area contributed by atoms with Gasteiger partial charge in [-0.1, -0.05) is 20.8 Å². The van der Waals surface area contributed by atoms with Crippen LogP contribution in [0.25, 0.3) is 0 Å². The largest absolute Gasteiger partial charge is 0.326 e. The van der Waals surface area contributed by atoms with Crippen LogP contribution in [0.2, 0.25) is 0 Å². The van der Waals surface area contributed by atoms with Gasteiger partial charge in [0.1, 0.15) is 0 Å². The zero-order valence-electron chi connectivity index (χ0n) is 8.64. The quantitative estimate of drug-likeness (QED) is 0.664. The summed E-state index contributed by atoms with van der Waals surface area (Å²) in [6, 6.07) is 0. The Labute approximate surface area is 77.7 Å². The molecule has 0 aliphatic carbocycles. The highest BCUT2D eigenvalue weighted by Gasteiger charge is 2.22. The molecule has 13 heavy (non-hydrogen) atoms. The summed E-state index contributed by atoms with van der Waals surface area (Å²) < 4.78 is 1.47. The molecule has 1 aromatic heterocycles. The lowest BCUT2D eigenvalue weighted by Gasteiger charge is -2.17. The van der Waals surface area contributed by atoms with E-state index in [1.54, 1.807) is 7.05 Å². The fraction of sp³-hybridized carbons (Fsp3) is 0.667. The van der Waals surface area contributed by atoms with Crippen LogP contribution in [0.1, 0.15) is 32.0 Å². The molecular weight excluding hydrogens is 166 g/mol. The summed E-state index contributed by atoms with van der Waals surface area (Å²) in [4.78, 5) is 11.5. The van der Waals surface area contributed by atoms with Gasteiger partial charge in [0.2, 0.25) is 0 Å². The van der Waals surface area contributed by atoms with Gasteiger partial charge in [0.05, 0.1) is 5.56 Å². The highest BCUT2D eigenvalue weighted by atomic mass is 16.1. The van der Waals surface area contributed by atoms with Crippen molar-refractivity contribution in [3.05, 3.63) is 21.6 Å². The van der Waals surface area contributed by atoms with Crippen LogP contribution in [-0.2, 0) is 19.0 Å². The molecule has 0 amide bonds. The second-order valence-corrected chi connectivity index (χ2v) is 4.28. The molecule has 0 atom stereocenters. The van der Waals surface area contributed by atoms with E-state index in [0.29, 0.717) is 12.1 Å². The van der Waals surface area contributed by atoms with Crippen LogP contribution >= 0.6 is 0 Å². The van der Waals surface area contributed by atoms with E-state index in [0.717, 1.165) is 5.69 Å². The number of aromatic nitrogens is 2. The Bertz CT molecular complexity index is 354. The first kappa shape index (κ1) is 10.1. The second kappa shape index (κ2) is 3.03. The van der Waals surface area contributed by atoms with Crippen LogP contribution in [0.5, 0.6) is 0 Å². The Morgan fingerprint density at radius 1 is 1.46 bits per heavy atom. The molecule has 0 radical (unpaired) electrons. The monoisotopic (exact) mass is 183 g/mol. The Balaban J connectivity index is 3.39. The smallest absolute Gasteiger partial charge is 0.270 e. The van der Waals surface area contributed by atoms with Crippen LogP contribution in [0.4, 0.5) is 0 Å². The number of nitrogens with two attached hydrogens (primary N) is 1. The Hall–Kier alpha value is -1.03. The summed E-state index contributed by atoms with van der Waals surface area (Å²) in [6.45, 7) is 6.45. The highest BCUT2D eigenvalue weighted by molar-refractivity contribution is 5.23. The molecule has 1 aromatic rings. The Morgan fingerprint density at radius 2 is 2.00 bits per heavy atom. The minimum Gasteiger partial charge on any atom is -0.326 e. The molecule has 1 rings (SSSR count). The number of nitrogens with one attached hydrogen (secondary N) is 1. The molecule has 0 spiro atoms. The van der Waals surface area contributed by atoms with Gasteiger partial charge in [0, 0.05) is 24.7 Å². The Morgan fingerprint density at radius 3 is 2.31 bits per heavy atom. The average Bonchev–Trinajstić information content (AvgIpc) is 2.28. The number of aromatic amines is 1. The first-order valence-corrected chi connectivity index (χ1v) is 4.36. The molecule has 0 aliphatic heterocycles. The zero-order chi connectivity index (χ0) is 10.2. The Kier molecular flexibility index (Phi) is 2.34. The molecule has 0 bridgehead atoms. The molecule has 4 nitrogen and oxygen atoms in total. The average molecular weight is 183 g/mol. The van der Waals surface area contributed by atoms with E-state index in [1.807, 2.05) is 0 Å². The number of rotatable bonds is 1. The lowest BCUT2D eigenvalue weighted by molar-refractivity contribution is 0.547. The van der Waals surface area contributed by atoms with Crippen LogP contribution < -0.4 is 11.3 Å². The lowest BCUT2D eigenvalue weighted by Crippen LogP contribution is -2.20. The maximum Gasteiger partial charge on any atom is 0.270 e. The van der Waals surface area contributed by atoms with Crippen LogP contribution in [0, 0.1) is 0 Å². The van der Waals surface area contributed by atoms with Crippen molar-refractivity contribution in [1.82, 2.24) is 9.78 Å². The number of H-pyrrole nitrogens is 1. The first-order valence-electron chi connectivity index (χ1n) is 4.36. The van der Waals surface area contributed by atoms with E-state index in [-0.39, 0.29) is 11.0 Å². The minimum atomic E-state index is -0.0604. The minimum absolute atomic E-state index is 0.0209. The molecule has 0 saturated carbocycles. The molecule has 0 saturated heterocycles. The third kappa shape index (κ3) is 1.67. The van der Waals surface area contributed by atoms with Gasteiger partial charge < -0.3 is 5.73 Å². The maximum absolute atomic E-state index is 11.5. The first-order chi connectivity index (χ1) is 5.88. The van der Waals surface area contributed by atoms with E-state index in [1.165, 1.54) is 4.68 Å². The van der Waals surface area contributed by atoms with Crippen LogP contribution in [-0.4, -0.2) is 9.78 Å². The topological polar surface area (TPSA) is 63.8 Å². The van der Waals surface area contributed by atoms with Gasteiger partial charge in [-0.2, -0.15) is 0 Å². The van der Waals surface area contributed by atoms with Gasteiger partial charge in [-0.3, -0.25) is 14.6 Å². The van der Waals surface area contributed by atoms with Crippen molar-refractivity contribution in [3.8, 4) is 0 Å². The fourth-order valence-electron chi connectivity index (χ4n) is 1.41. The van der Waals surface area contributed by atoms with Gasteiger partial charge >= 0.3 is 0 Å². The molecule has 0 aromatic carbocycles. The van der Waals surface area contributed by atoms with Crippen molar-refractivity contribution in [2.45, 2.75) is 32.7 Å². The van der Waals surface area contributed by atoms with Gasteiger partial charge in [-0.25, -0.2) is 0 Å². The molecule has 4 heteroatoms. The van der Waals surface area contributed by atoms with Gasteiger partial charge in [0.25, 0.3) is 5.56 Å². The molecule has 1 heterocycles. The number of hydrogen-bond acceptors (Lipinski definition) is 2.